The fourth-order valence-corrected chi connectivity index (χ4v) is 3.96. The summed E-state index contributed by atoms with van der Waals surface area (Å²) >= 11 is 1.65. The van der Waals surface area contributed by atoms with Gasteiger partial charge in [-0.25, -0.2) is 0 Å². The standard InChI is InChI=1S/C20H25N3O3S/c1-16(24)22-11-9-21(10-12-22)15-20(25)23(14-19-4-3-13-27-19)17-5-7-18(26-2)8-6-17/h3-8,13H,9-12,14-15H2,1-2H3/p+1. The van der Waals surface area contributed by atoms with Gasteiger partial charge >= 0.3 is 0 Å². The smallest absolute Gasteiger partial charge is 0.282 e. The summed E-state index contributed by atoms with van der Waals surface area (Å²) in [6, 6.07) is 11.7. The van der Waals surface area contributed by atoms with E-state index in [0.29, 0.717) is 26.2 Å². The Hall–Kier alpha value is -2.38. The molecule has 0 saturated carbocycles. The molecule has 1 aromatic carbocycles. The molecule has 1 N–H and O–H groups in total. The summed E-state index contributed by atoms with van der Waals surface area (Å²) in [7, 11) is 1.63. The van der Waals surface area contributed by atoms with E-state index in [1.54, 1.807) is 25.4 Å². The van der Waals surface area contributed by atoms with Gasteiger partial charge < -0.3 is 19.4 Å². The first-order valence-corrected chi connectivity index (χ1v) is 10.0. The Kier molecular flexibility index (Phi) is 6.47. The van der Waals surface area contributed by atoms with Crippen LogP contribution in [-0.2, 0) is 16.1 Å². The van der Waals surface area contributed by atoms with E-state index >= 15 is 0 Å². The summed E-state index contributed by atoms with van der Waals surface area (Å²) in [5.41, 5.74) is 0.871. The first-order chi connectivity index (χ1) is 13.1. The average molecular weight is 389 g/mol. The van der Waals surface area contributed by atoms with Crippen LogP contribution >= 0.6 is 11.3 Å². The predicted molar refractivity (Wildman–Crippen MR) is 106 cm³/mol. The normalized spacial score (nSPS) is 14.8. The molecule has 0 radical (unpaired) electrons. The summed E-state index contributed by atoms with van der Waals surface area (Å²) in [6.45, 7) is 5.64. The first kappa shape index (κ1) is 19.4. The number of quaternary nitrogens is 1. The number of methoxy groups -OCH3 is 1. The molecule has 0 atom stereocenters. The fourth-order valence-electron chi connectivity index (χ4n) is 3.27. The van der Waals surface area contributed by atoms with E-state index in [2.05, 4.69) is 0 Å². The summed E-state index contributed by atoms with van der Waals surface area (Å²) in [4.78, 5) is 30.7. The third-order valence-electron chi connectivity index (χ3n) is 4.90. The Morgan fingerprint density at radius 3 is 2.44 bits per heavy atom. The molecule has 6 nitrogen and oxygen atoms in total. The molecular formula is C20H26N3O3S+. The lowest BCUT2D eigenvalue weighted by Crippen LogP contribution is -3.15. The minimum absolute atomic E-state index is 0.0971. The van der Waals surface area contributed by atoms with Crippen LogP contribution in [0.1, 0.15) is 11.8 Å². The quantitative estimate of drug-likeness (QED) is 0.805. The van der Waals surface area contributed by atoms with Crippen molar-refractivity contribution in [2.75, 3.05) is 44.7 Å². The monoisotopic (exact) mass is 388 g/mol. The first-order valence-electron chi connectivity index (χ1n) is 9.12. The van der Waals surface area contributed by atoms with Crippen molar-refractivity contribution < 1.29 is 19.2 Å². The van der Waals surface area contributed by atoms with Gasteiger partial charge in [-0.15, -0.1) is 11.3 Å². The molecule has 0 spiro atoms. The molecule has 27 heavy (non-hydrogen) atoms. The number of piperazine rings is 1. The fraction of sp³-hybridized carbons (Fsp3) is 0.400. The molecule has 1 fully saturated rings. The van der Waals surface area contributed by atoms with Crippen LogP contribution in [0.5, 0.6) is 5.75 Å². The number of anilines is 1. The van der Waals surface area contributed by atoms with E-state index in [9.17, 15) is 9.59 Å². The van der Waals surface area contributed by atoms with E-state index in [1.807, 2.05) is 51.6 Å². The van der Waals surface area contributed by atoms with Crippen molar-refractivity contribution in [1.82, 2.24) is 4.90 Å². The summed E-state index contributed by atoms with van der Waals surface area (Å²) in [5, 5.41) is 2.03. The number of nitrogens with zero attached hydrogens (tertiary/aromatic N) is 2. The third kappa shape index (κ3) is 5.08. The zero-order valence-corrected chi connectivity index (χ0v) is 16.6. The van der Waals surface area contributed by atoms with Gasteiger partial charge in [0, 0.05) is 17.5 Å². The molecule has 0 aliphatic carbocycles. The van der Waals surface area contributed by atoms with Gasteiger partial charge in [0.1, 0.15) is 5.75 Å². The maximum Gasteiger partial charge on any atom is 0.282 e. The Morgan fingerprint density at radius 2 is 1.89 bits per heavy atom. The van der Waals surface area contributed by atoms with Gasteiger partial charge in [0.2, 0.25) is 5.91 Å². The number of amides is 2. The van der Waals surface area contributed by atoms with Crippen molar-refractivity contribution in [3.05, 3.63) is 46.7 Å². The zero-order chi connectivity index (χ0) is 19.2. The van der Waals surface area contributed by atoms with E-state index in [1.165, 1.54) is 4.90 Å². The highest BCUT2D eigenvalue weighted by atomic mass is 32.1. The average Bonchev–Trinajstić information content (AvgIpc) is 3.20. The van der Waals surface area contributed by atoms with Gasteiger partial charge in [0.05, 0.1) is 39.8 Å². The van der Waals surface area contributed by atoms with Crippen LogP contribution in [0.15, 0.2) is 41.8 Å². The molecule has 1 aliphatic heterocycles. The van der Waals surface area contributed by atoms with Crippen LogP contribution < -0.4 is 14.5 Å². The molecule has 144 valence electrons. The molecule has 0 unspecified atom stereocenters. The van der Waals surface area contributed by atoms with E-state index in [-0.39, 0.29) is 11.8 Å². The number of carbonyl (C=O) groups is 2. The SMILES string of the molecule is COc1ccc(N(Cc2cccs2)C(=O)C[NH+]2CCN(C(C)=O)CC2)cc1. The zero-order valence-electron chi connectivity index (χ0n) is 15.8. The number of ether oxygens (including phenoxy) is 1. The Morgan fingerprint density at radius 1 is 1.19 bits per heavy atom. The maximum absolute atomic E-state index is 13.1. The van der Waals surface area contributed by atoms with Gasteiger partial charge in [-0.2, -0.15) is 0 Å². The number of rotatable bonds is 6. The molecule has 2 aromatic rings. The van der Waals surface area contributed by atoms with Gasteiger partial charge in [0.15, 0.2) is 6.54 Å². The van der Waals surface area contributed by atoms with Crippen molar-refractivity contribution in [3.8, 4) is 5.75 Å². The molecule has 3 rings (SSSR count). The number of benzene rings is 1. The molecule has 7 heteroatoms. The molecule has 1 saturated heterocycles. The Bertz CT molecular complexity index is 753. The Balaban J connectivity index is 1.69. The largest absolute Gasteiger partial charge is 0.497 e. The molecule has 2 amide bonds. The molecule has 2 heterocycles. The van der Waals surface area contributed by atoms with Crippen LogP contribution in [0.2, 0.25) is 0 Å². The number of thiophene rings is 1. The van der Waals surface area contributed by atoms with E-state index in [0.717, 1.165) is 29.4 Å². The minimum Gasteiger partial charge on any atom is -0.497 e. The second-order valence-corrected chi connectivity index (χ2v) is 7.72. The lowest BCUT2D eigenvalue weighted by molar-refractivity contribution is -0.895. The van der Waals surface area contributed by atoms with Crippen molar-refractivity contribution in [1.29, 1.82) is 0 Å². The van der Waals surface area contributed by atoms with Crippen molar-refractivity contribution in [2.45, 2.75) is 13.5 Å². The third-order valence-corrected chi connectivity index (χ3v) is 5.76. The van der Waals surface area contributed by atoms with Crippen molar-refractivity contribution >= 4 is 28.8 Å². The lowest BCUT2D eigenvalue weighted by atomic mass is 10.2. The number of carbonyl (C=O) groups excluding carboxylic acids is 2. The molecule has 1 aromatic heterocycles. The van der Waals surface area contributed by atoms with Crippen LogP contribution in [-0.4, -0.2) is 56.5 Å². The number of hydrogen-bond acceptors (Lipinski definition) is 4. The van der Waals surface area contributed by atoms with Crippen LogP contribution in [0, 0.1) is 0 Å². The van der Waals surface area contributed by atoms with Gasteiger partial charge in [-0.3, -0.25) is 9.59 Å². The molecular weight excluding hydrogens is 362 g/mol. The highest BCUT2D eigenvalue weighted by Crippen LogP contribution is 2.22. The lowest BCUT2D eigenvalue weighted by Gasteiger charge is -2.32. The van der Waals surface area contributed by atoms with Gasteiger partial charge in [0.25, 0.3) is 5.91 Å². The highest BCUT2D eigenvalue weighted by Gasteiger charge is 2.26. The van der Waals surface area contributed by atoms with Crippen LogP contribution in [0.3, 0.4) is 0 Å². The van der Waals surface area contributed by atoms with Crippen LogP contribution in [0.25, 0.3) is 0 Å². The summed E-state index contributed by atoms with van der Waals surface area (Å²) in [6.07, 6.45) is 0. The van der Waals surface area contributed by atoms with E-state index < -0.39 is 0 Å². The predicted octanol–water partition coefficient (Wildman–Crippen LogP) is 1.04. The molecule has 0 bridgehead atoms. The van der Waals surface area contributed by atoms with Crippen LogP contribution in [0.4, 0.5) is 5.69 Å². The topological polar surface area (TPSA) is 54.3 Å². The van der Waals surface area contributed by atoms with Gasteiger partial charge in [-0.1, -0.05) is 6.07 Å². The second-order valence-electron chi connectivity index (χ2n) is 6.69. The second kappa shape index (κ2) is 9.01. The minimum atomic E-state index is 0.0971. The number of nitrogens with one attached hydrogen (secondary N) is 1. The van der Waals surface area contributed by atoms with Crippen molar-refractivity contribution in [2.24, 2.45) is 0 Å². The van der Waals surface area contributed by atoms with E-state index in [4.69, 9.17) is 4.74 Å². The summed E-state index contributed by atoms with van der Waals surface area (Å²) in [5.74, 6) is 0.978. The maximum atomic E-state index is 13.1. The van der Waals surface area contributed by atoms with Crippen molar-refractivity contribution in [3.63, 3.8) is 0 Å². The Labute approximate surface area is 163 Å². The number of hydrogen-bond donors (Lipinski definition) is 1. The van der Waals surface area contributed by atoms with Gasteiger partial charge in [-0.05, 0) is 35.7 Å². The highest BCUT2D eigenvalue weighted by molar-refractivity contribution is 7.09. The molecule has 1 aliphatic rings. The summed E-state index contributed by atoms with van der Waals surface area (Å²) < 4.78 is 5.23.